The van der Waals surface area contributed by atoms with Crippen LogP contribution < -0.4 is 10.2 Å². The number of fused-ring (bicyclic) bond motifs is 2. The van der Waals surface area contributed by atoms with Crippen molar-refractivity contribution in [3.8, 4) is 0 Å². The highest BCUT2D eigenvalue weighted by Crippen LogP contribution is 2.47. The monoisotopic (exact) mass is 400 g/mol. The van der Waals surface area contributed by atoms with Crippen LogP contribution in [0.2, 0.25) is 0 Å². The molecule has 0 atom stereocenters. The minimum Gasteiger partial charge on any atom is -0.333 e. The van der Waals surface area contributed by atoms with E-state index in [1.54, 1.807) is 16.7 Å². The largest absolute Gasteiger partial charge is 0.416 e. The van der Waals surface area contributed by atoms with Gasteiger partial charge >= 0.3 is 12.2 Å². The number of carbonyl (C=O) groups is 1. The first kappa shape index (κ1) is 18.4. The van der Waals surface area contributed by atoms with Crippen molar-refractivity contribution in [2.75, 3.05) is 4.90 Å². The molecule has 0 radical (unpaired) electrons. The van der Waals surface area contributed by atoms with Crippen LogP contribution in [0.4, 0.5) is 29.3 Å². The quantitative estimate of drug-likeness (QED) is 0.554. The smallest absolute Gasteiger partial charge is 0.333 e. The molecule has 3 nitrogen and oxygen atoms in total. The second kappa shape index (κ2) is 7.24. The maximum absolute atomic E-state index is 12.9. The highest BCUT2D eigenvalue weighted by Gasteiger charge is 2.30. The van der Waals surface area contributed by atoms with Crippen molar-refractivity contribution in [1.82, 2.24) is 5.32 Å². The van der Waals surface area contributed by atoms with Crippen LogP contribution in [0.15, 0.2) is 82.6 Å². The lowest BCUT2D eigenvalue weighted by Crippen LogP contribution is -2.37. The number of benzene rings is 3. The van der Waals surface area contributed by atoms with E-state index in [4.69, 9.17) is 0 Å². The molecule has 0 saturated carbocycles. The Bertz CT molecular complexity index is 973. The van der Waals surface area contributed by atoms with E-state index in [-0.39, 0.29) is 12.6 Å². The molecule has 1 aliphatic heterocycles. The molecule has 0 unspecified atom stereocenters. The molecule has 2 amide bonds. The highest BCUT2D eigenvalue weighted by molar-refractivity contribution is 7.99. The molecule has 1 N–H and O–H groups in total. The Morgan fingerprint density at radius 1 is 0.857 bits per heavy atom. The van der Waals surface area contributed by atoms with Crippen LogP contribution in [0.25, 0.3) is 0 Å². The van der Waals surface area contributed by atoms with Gasteiger partial charge in [-0.15, -0.1) is 0 Å². The van der Waals surface area contributed by atoms with Crippen molar-refractivity contribution in [1.29, 1.82) is 0 Å². The van der Waals surface area contributed by atoms with Crippen LogP contribution in [0.5, 0.6) is 0 Å². The maximum atomic E-state index is 12.9. The van der Waals surface area contributed by atoms with Crippen molar-refractivity contribution in [2.45, 2.75) is 22.5 Å². The third-order valence-corrected chi connectivity index (χ3v) is 5.49. The van der Waals surface area contributed by atoms with E-state index in [0.717, 1.165) is 33.3 Å². The van der Waals surface area contributed by atoms with E-state index in [9.17, 15) is 18.0 Å². The van der Waals surface area contributed by atoms with Gasteiger partial charge in [-0.25, -0.2) is 4.79 Å². The van der Waals surface area contributed by atoms with Crippen molar-refractivity contribution in [3.05, 3.63) is 83.9 Å². The summed E-state index contributed by atoms with van der Waals surface area (Å²) in [7, 11) is 0. The number of alkyl halides is 3. The zero-order chi connectivity index (χ0) is 19.7. The van der Waals surface area contributed by atoms with Gasteiger partial charge in [0.1, 0.15) is 0 Å². The van der Waals surface area contributed by atoms with Gasteiger partial charge in [0.05, 0.1) is 16.9 Å². The number of rotatable bonds is 2. The number of halogens is 3. The molecule has 0 fully saturated rings. The molecule has 3 aromatic rings. The summed E-state index contributed by atoms with van der Waals surface area (Å²) < 4.78 is 38.0. The Balaban J connectivity index is 1.55. The first-order valence-electron chi connectivity index (χ1n) is 8.53. The summed E-state index contributed by atoms with van der Waals surface area (Å²) in [5.41, 5.74) is 1.43. The zero-order valence-electron chi connectivity index (χ0n) is 14.5. The van der Waals surface area contributed by atoms with Crippen LogP contribution in [-0.4, -0.2) is 6.03 Å². The summed E-state index contributed by atoms with van der Waals surface area (Å²) in [5.74, 6) is 0. The summed E-state index contributed by atoms with van der Waals surface area (Å²) in [6.45, 7) is 0.130. The average Bonchev–Trinajstić information content (AvgIpc) is 2.70. The van der Waals surface area contributed by atoms with E-state index < -0.39 is 11.7 Å². The lowest BCUT2D eigenvalue weighted by atomic mass is 10.1. The van der Waals surface area contributed by atoms with Gasteiger partial charge < -0.3 is 5.32 Å². The SMILES string of the molecule is O=C(NCc1ccc(C(F)(F)F)cc1)N1c2ccccc2Sc2ccccc21. The first-order valence-corrected chi connectivity index (χ1v) is 9.35. The molecule has 1 heterocycles. The fourth-order valence-electron chi connectivity index (χ4n) is 2.99. The lowest BCUT2D eigenvalue weighted by molar-refractivity contribution is -0.137. The number of para-hydroxylation sites is 2. The highest BCUT2D eigenvalue weighted by atomic mass is 32.2. The number of amides is 2. The van der Waals surface area contributed by atoms with Crippen molar-refractivity contribution >= 4 is 29.2 Å². The minimum atomic E-state index is -4.37. The number of carbonyl (C=O) groups excluding carboxylic acids is 1. The van der Waals surface area contributed by atoms with E-state index >= 15 is 0 Å². The summed E-state index contributed by atoms with van der Waals surface area (Å²) >= 11 is 1.59. The number of hydrogen-bond donors (Lipinski definition) is 1. The molecule has 0 aromatic heterocycles. The fraction of sp³-hybridized carbons (Fsp3) is 0.0952. The summed E-state index contributed by atoms with van der Waals surface area (Å²) in [6, 6.07) is 19.6. The maximum Gasteiger partial charge on any atom is 0.416 e. The van der Waals surface area contributed by atoms with Crippen molar-refractivity contribution in [3.63, 3.8) is 0 Å². The predicted molar refractivity (Wildman–Crippen MR) is 103 cm³/mol. The van der Waals surface area contributed by atoms with E-state index in [0.29, 0.717) is 5.56 Å². The molecule has 0 spiro atoms. The third-order valence-electron chi connectivity index (χ3n) is 4.36. The first-order chi connectivity index (χ1) is 13.4. The molecule has 3 aromatic carbocycles. The van der Waals surface area contributed by atoms with Crippen molar-refractivity contribution in [2.24, 2.45) is 0 Å². The standard InChI is InChI=1S/C21H15F3N2OS/c22-21(23,24)15-11-9-14(10-12-15)13-25-20(27)26-16-5-1-3-7-18(16)28-19-8-4-2-6-17(19)26/h1-12H,13H2,(H,25,27). The van der Waals surface area contributed by atoms with Crippen LogP contribution in [0.1, 0.15) is 11.1 Å². The van der Waals surface area contributed by atoms with Crippen molar-refractivity contribution < 1.29 is 18.0 Å². The molecule has 1 aliphatic rings. The van der Waals surface area contributed by atoms with Gasteiger partial charge in [0.15, 0.2) is 0 Å². The number of nitrogens with one attached hydrogen (secondary N) is 1. The van der Waals surface area contributed by atoms with E-state index in [2.05, 4.69) is 5.32 Å². The average molecular weight is 400 g/mol. The van der Waals surface area contributed by atoms with Crippen LogP contribution in [-0.2, 0) is 12.7 Å². The molecular weight excluding hydrogens is 385 g/mol. The van der Waals surface area contributed by atoms with Gasteiger partial charge in [-0.3, -0.25) is 4.90 Å². The normalized spacial score (nSPS) is 12.9. The zero-order valence-corrected chi connectivity index (χ0v) is 15.3. The predicted octanol–water partition coefficient (Wildman–Crippen LogP) is 6.22. The lowest BCUT2D eigenvalue weighted by Gasteiger charge is -2.31. The summed E-state index contributed by atoms with van der Waals surface area (Å²) in [5, 5.41) is 2.81. The van der Waals surface area contributed by atoms with E-state index in [1.807, 2.05) is 48.5 Å². The molecule has 0 saturated heterocycles. The van der Waals surface area contributed by atoms with E-state index in [1.165, 1.54) is 12.1 Å². The Morgan fingerprint density at radius 3 is 1.93 bits per heavy atom. The van der Waals surface area contributed by atoms with Gasteiger partial charge in [-0.1, -0.05) is 48.2 Å². The number of hydrogen-bond acceptors (Lipinski definition) is 2. The van der Waals surface area contributed by atoms with Gasteiger partial charge in [0.25, 0.3) is 0 Å². The van der Waals surface area contributed by atoms with Crippen LogP contribution >= 0.6 is 11.8 Å². The van der Waals surface area contributed by atoms with Crippen LogP contribution in [0.3, 0.4) is 0 Å². The number of nitrogens with zero attached hydrogens (tertiary/aromatic N) is 1. The van der Waals surface area contributed by atoms with Gasteiger partial charge in [-0.05, 0) is 42.0 Å². The molecule has 7 heteroatoms. The number of urea groups is 1. The topological polar surface area (TPSA) is 32.3 Å². The van der Waals surface area contributed by atoms with Gasteiger partial charge in [-0.2, -0.15) is 13.2 Å². The summed E-state index contributed by atoms with van der Waals surface area (Å²) in [4.78, 5) is 16.5. The fourth-order valence-corrected chi connectivity index (χ4v) is 4.05. The second-order valence-corrected chi connectivity index (χ2v) is 7.31. The molecule has 0 aliphatic carbocycles. The van der Waals surface area contributed by atoms with Crippen LogP contribution in [0, 0.1) is 0 Å². The molecule has 0 bridgehead atoms. The molecular formula is C21H15F3N2OS. The minimum absolute atomic E-state index is 0.130. The molecule has 28 heavy (non-hydrogen) atoms. The Hall–Kier alpha value is -2.93. The summed E-state index contributed by atoms with van der Waals surface area (Å²) in [6.07, 6.45) is -4.37. The molecule has 142 valence electrons. The molecule has 4 rings (SSSR count). The van der Waals surface area contributed by atoms with Gasteiger partial charge in [0.2, 0.25) is 0 Å². The third kappa shape index (κ3) is 3.57. The Morgan fingerprint density at radius 2 is 1.39 bits per heavy atom. The second-order valence-electron chi connectivity index (χ2n) is 6.23. The Labute approximate surface area is 164 Å². The number of anilines is 2. The van der Waals surface area contributed by atoms with Gasteiger partial charge in [0, 0.05) is 16.3 Å². The Kier molecular flexibility index (Phi) is 4.77.